The first-order chi connectivity index (χ1) is 13.5. The Morgan fingerprint density at radius 2 is 1.96 bits per heavy atom. The van der Waals surface area contributed by atoms with Crippen molar-refractivity contribution in [2.75, 3.05) is 20.2 Å². The highest BCUT2D eigenvalue weighted by Gasteiger charge is 2.29. The van der Waals surface area contributed by atoms with E-state index >= 15 is 0 Å². The van der Waals surface area contributed by atoms with Gasteiger partial charge in [0.25, 0.3) is 5.91 Å². The number of carbonyl (C=O) groups excluding carboxylic acids is 1. The fourth-order valence-corrected chi connectivity index (χ4v) is 4.69. The number of carbonyl (C=O) groups is 1. The smallest absolute Gasteiger partial charge is 0.273 e. The summed E-state index contributed by atoms with van der Waals surface area (Å²) < 4.78 is 5.23. The SMILES string of the molecule is COc1ccc(C2CCN(C(=O)c3csc(-c4ccc(C)cc4C)n3)C2)cc1. The van der Waals surface area contributed by atoms with Crippen LogP contribution in [0.4, 0.5) is 0 Å². The van der Waals surface area contributed by atoms with E-state index < -0.39 is 0 Å². The number of rotatable bonds is 4. The molecule has 1 unspecified atom stereocenters. The molecule has 1 fully saturated rings. The Bertz CT molecular complexity index is 994. The van der Waals surface area contributed by atoms with E-state index in [0.29, 0.717) is 11.6 Å². The van der Waals surface area contributed by atoms with Gasteiger partial charge in [-0.05, 0) is 43.5 Å². The zero-order chi connectivity index (χ0) is 19.7. The number of benzene rings is 2. The highest BCUT2D eigenvalue weighted by Crippen LogP contribution is 2.31. The minimum atomic E-state index is 0.0308. The predicted molar refractivity (Wildman–Crippen MR) is 113 cm³/mol. The van der Waals surface area contributed by atoms with Crippen LogP contribution in [0.1, 0.15) is 39.5 Å². The maximum Gasteiger partial charge on any atom is 0.273 e. The zero-order valence-electron chi connectivity index (χ0n) is 16.4. The van der Waals surface area contributed by atoms with Gasteiger partial charge in [-0.2, -0.15) is 0 Å². The van der Waals surface area contributed by atoms with E-state index in [1.807, 2.05) is 22.4 Å². The Morgan fingerprint density at radius 1 is 1.18 bits per heavy atom. The number of ether oxygens (including phenoxy) is 1. The van der Waals surface area contributed by atoms with Crippen LogP contribution < -0.4 is 4.74 Å². The molecule has 3 aromatic rings. The normalized spacial score (nSPS) is 16.4. The molecule has 2 aromatic carbocycles. The summed E-state index contributed by atoms with van der Waals surface area (Å²) in [6.07, 6.45) is 0.978. The minimum Gasteiger partial charge on any atom is -0.497 e. The Morgan fingerprint density at radius 3 is 2.68 bits per heavy atom. The molecule has 0 N–H and O–H groups in total. The van der Waals surface area contributed by atoms with Gasteiger partial charge in [0.1, 0.15) is 16.5 Å². The summed E-state index contributed by atoms with van der Waals surface area (Å²) in [4.78, 5) is 19.5. The standard InChI is InChI=1S/C23H24N2O2S/c1-15-4-9-20(16(2)12-15)22-24-21(14-28-22)23(26)25-11-10-18(13-25)17-5-7-19(27-3)8-6-17/h4-9,12,14,18H,10-11,13H2,1-3H3. The van der Waals surface area contributed by atoms with E-state index in [4.69, 9.17) is 4.74 Å². The molecule has 1 aliphatic rings. The van der Waals surface area contributed by atoms with Crippen molar-refractivity contribution in [2.45, 2.75) is 26.2 Å². The topological polar surface area (TPSA) is 42.4 Å². The van der Waals surface area contributed by atoms with Gasteiger partial charge in [-0.3, -0.25) is 4.79 Å². The number of amides is 1. The average molecular weight is 393 g/mol. The zero-order valence-corrected chi connectivity index (χ0v) is 17.3. The van der Waals surface area contributed by atoms with Crippen LogP contribution in [0.25, 0.3) is 10.6 Å². The van der Waals surface area contributed by atoms with Gasteiger partial charge in [-0.25, -0.2) is 4.98 Å². The molecule has 0 bridgehead atoms. The molecule has 28 heavy (non-hydrogen) atoms. The number of methoxy groups -OCH3 is 1. The highest BCUT2D eigenvalue weighted by molar-refractivity contribution is 7.13. The molecule has 1 aromatic heterocycles. The van der Waals surface area contributed by atoms with E-state index in [-0.39, 0.29) is 5.91 Å². The number of thiazole rings is 1. The number of aromatic nitrogens is 1. The molecule has 1 atom stereocenters. The van der Waals surface area contributed by atoms with E-state index in [2.05, 4.69) is 49.2 Å². The number of nitrogens with zero attached hydrogens (tertiary/aromatic N) is 2. The van der Waals surface area contributed by atoms with Crippen molar-refractivity contribution in [3.8, 4) is 16.3 Å². The van der Waals surface area contributed by atoms with Crippen molar-refractivity contribution in [2.24, 2.45) is 0 Å². The molecule has 0 radical (unpaired) electrons. The van der Waals surface area contributed by atoms with Gasteiger partial charge in [0.2, 0.25) is 0 Å². The number of hydrogen-bond acceptors (Lipinski definition) is 4. The monoisotopic (exact) mass is 392 g/mol. The predicted octanol–water partition coefficient (Wildman–Crippen LogP) is 5.07. The van der Waals surface area contributed by atoms with Crippen molar-refractivity contribution in [1.82, 2.24) is 9.88 Å². The number of hydrogen-bond donors (Lipinski definition) is 0. The summed E-state index contributed by atoms with van der Waals surface area (Å²) in [5.41, 5.74) is 5.33. The molecule has 1 saturated heterocycles. The maximum atomic E-state index is 13.0. The second-order valence-electron chi connectivity index (χ2n) is 7.37. The van der Waals surface area contributed by atoms with Crippen LogP contribution in [0.3, 0.4) is 0 Å². The lowest BCUT2D eigenvalue weighted by Crippen LogP contribution is -2.28. The lowest BCUT2D eigenvalue weighted by atomic mass is 9.98. The van der Waals surface area contributed by atoms with Gasteiger partial charge in [-0.1, -0.05) is 35.9 Å². The second-order valence-corrected chi connectivity index (χ2v) is 8.22. The molecular weight excluding hydrogens is 368 g/mol. The summed E-state index contributed by atoms with van der Waals surface area (Å²) >= 11 is 1.54. The lowest BCUT2D eigenvalue weighted by molar-refractivity contribution is 0.0786. The first-order valence-corrected chi connectivity index (χ1v) is 10.4. The molecule has 0 saturated carbocycles. The van der Waals surface area contributed by atoms with Gasteiger partial charge >= 0.3 is 0 Å². The van der Waals surface area contributed by atoms with Crippen LogP contribution in [-0.2, 0) is 0 Å². The van der Waals surface area contributed by atoms with Crippen molar-refractivity contribution in [3.63, 3.8) is 0 Å². The van der Waals surface area contributed by atoms with Crippen molar-refractivity contribution in [1.29, 1.82) is 0 Å². The van der Waals surface area contributed by atoms with E-state index in [0.717, 1.165) is 35.8 Å². The minimum absolute atomic E-state index is 0.0308. The first kappa shape index (κ1) is 18.7. The molecule has 1 amide bonds. The largest absolute Gasteiger partial charge is 0.497 e. The van der Waals surface area contributed by atoms with Crippen LogP contribution in [0.2, 0.25) is 0 Å². The van der Waals surface area contributed by atoms with Crippen LogP contribution in [0.5, 0.6) is 5.75 Å². The summed E-state index contributed by atoms with van der Waals surface area (Å²) in [6, 6.07) is 14.5. The van der Waals surface area contributed by atoms with Gasteiger partial charge < -0.3 is 9.64 Å². The third-order valence-corrected chi connectivity index (χ3v) is 6.27. The van der Waals surface area contributed by atoms with Gasteiger partial charge in [0.05, 0.1) is 7.11 Å². The van der Waals surface area contributed by atoms with E-state index in [1.165, 1.54) is 28.0 Å². The second kappa shape index (κ2) is 7.76. The number of likely N-dealkylation sites (tertiary alicyclic amines) is 1. The maximum absolute atomic E-state index is 13.0. The Balaban J connectivity index is 1.47. The third-order valence-electron chi connectivity index (χ3n) is 5.40. The van der Waals surface area contributed by atoms with Crippen molar-refractivity contribution >= 4 is 17.2 Å². The summed E-state index contributed by atoms with van der Waals surface area (Å²) in [5, 5.41) is 2.80. The van der Waals surface area contributed by atoms with E-state index in [9.17, 15) is 4.79 Å². The molecule has 5 heteroatoms. The Labute approximate surface area is 169 Å². The molecule has 4 rings (SSSR count). The van der Waals surface area contributed by atoms with Crippen molar-refractivity contribution in [3.05, 3.63) is 70.2 Å². The van der Waals surface area contributed by atoms with Crippen molar-refractivity contribution < 1.29 is 9.53 Å². The summed E-state index contributed by atoms with van der Waals surface area (Å²) in [6.45, 7) is 5.68. The van der Waals surface area contributed by atoms with Crippen LogP contribution in [0.15, 0.2) is 47.8 Å². The molecule has 0 spiro atoms. The lowest BCUT2D eigenvalue weighted by Gasteiger charge is -2.15. The van der Waals surface area contributed by atoms with Crippen LogP contribution >= 0.6 is 11.3 Å². The van der Waals surface area contributed by atoms with Gasteiger partial charge in [0.15, 0.2) is 0 Å². The number of aryl methyl sites for hydroxylation is 2. The quantitative estimate of drug-likeness (QED) is 0.623. The van der Waals surface area contributed by atoms with Crippen LogP contribution in [-0.4, -0.2) is 36.0 Å². The molecule has 0 aliphatic carbocycles. The van der Waals surface area contributed by atoms with E-state index in [1.54, 1.807) is 7.11 Å². The van der Waals surface area contributed by atoms with Gasteiger partial charge in [-0.15, -0.1) is 11.3 Å². The highest BCUT2D eigenvalue weighted by atomic mass is 32.1. The van der Waals surface area contributed by atoms with Crippen LogP contribution in [0, 0.1) is 13.8 Å². The Kier molecular flexibility index (Phi) is 5.18. The molecule has 144 valence electrons. The fraction of sp³-hybridized carbons (Fsp3) is 0.304. The average Bonchev–Trinajstić information content (AvgIpc) is 3.38. The molecule has 4 nitrogen and oxygen atoms in total. The third kappa shape index (κ3) is 3.67. The summed E-state index contributed by atoms with van der Waals surface area (Å²) in [7, 11) is 1.67. The fourth-order valence-electron chi connectivity index (χ4n) is 3.80. The van der Waals surface area contributed by atoms with Gasteiger partial charge in [0, 0.05) is 30.0 Å². The first-order valence-electron chi connectivity index (χ1n) is 9.51. The molecular formula is C23H24N2O2S. The summed E-state index contributed by atoms with van der Waals surface area (Å²) in [5.74, 6) is 1.26. The Hall–Kier alpha value is -2.66. The molecule has 1 aliphatic heterocycles. The molecule has 2 heterocycles.